The van der Waals surface area contributed by atoms with Crippen LogP contribution in [0.15, 0.2) is 23.5 Å². The second-order valence-electron chi connectivity index (χ2n) is 4.27. The van der Waals surface area contributed by atoms with E-state index in [0.717, 1.165) is 12.8 Å². The van der Waals surface area contributed by atoms with E-state index in [1.165, 1.54) is 24.2 Å². The van der Waals surface area contributed by atoms with Crippen molar-refractivity contribution in [1.29, 1.82) is 0 Å². The fourth-order valence-corrected chi connectivity index (χ4v) is 1.87. The lowest BCUT2D eigenvalue weighted by atomic mass is 9.90. The Labute approximate surface area is 74.1 Å². The first kappa shape index (κ1) is 7.90. The first-order valence-corrected chi connectivity index (χ1v) is 4.72. The van der Waals surface area contributed by atoms with Crippen molar-refractivity contribution in [1.82, 2.24) is 0 Å². The maximum absolute atomic E-state index is 5.91. The summed E-state index contributed by atoms with van der Waals surface area (Å²) < 4.78 is 5.91. The highest BCUT2D eigenvalue weighted by Crippen LogP contribution is 2.36. The molecule has 0 N–H and O–H groups in total. The summed E-state index contributed by atoms with van der Waals surface area (Å²) in [7, 11) is 0. The zero-order chi connectivity index (χ0) is 8.60. The molecule has 0 aromatic heterocycles. The summed E-state index contributed by atoms with van der Waals surface area (Å²) in [5.74, 6) is 1.24. The van der Waals surface area contributed by atoms with Gasteiger partial charge in [0.2, 0.25) is 0 Å². The highest BCUT2D eigenvalue weighted by atomic mass is 16.5. The molecule has 0 saturated carbocycles. The average Bonchev–Trinajstić information content (AvgIpc) is 2.02. The Morgan fingerprint density at radius 1 is 1.25 bits per heavy atom. The van der Waals surface area contributed by atoms with Gasteiger partial charge < -0.3 is 4.74 Å². The lowest BCUT2D eigenvalue weighted by Crippen LogP contribution is -2.28. The van der Waals surface area contributed by atoms with Crippen LogP contribution in [0.1, 0.15) is 39.5 Å². The van der Waals surface area contributed by atoms with Crippen molar-refractivity contribution in [2.24, 2.45) is 0 Å². The van der Waals surface area contributed by atoms with Crippen LogP contribution in [0.2, 0.25) is 0 Å². The summed E-state index contributed by atoms with van der Waals surface area (Å²) in [6.07, 6.45) is 8.98. The molecule has 1 aliphatic carbocycles. The summed E-state index contributed by atoms with van der Waals surface area (Å²) in [5, 5.41) is 0. The molecule has 12 heavy (non-hydrogen) atoms. The van der Waals surface area contributed by atoms with Gasteiger partial charge in [-0.2, -0.15) is 0 Å². The molecule has 0 aromatic rings. The zero-order valence-electron chi connectivity index (χ0n) is 7.89. The minimum absolute atomic E-state index is 0.0734. The van der Waals surface area contributed by atoms with Crippen LogP contribution in [-0.2, 0) is 4.74 Å². The molecule has 0 unspecified atom stereocenters. The molecule has 1 nitrogen and oxygen atoms in total. The highest BCUT2D eigenvalue weighted by molar-refractivity contribution is 5.22. The molecule has 0 atom stereocenters. The van der Waals surface area contributed by atoms with Crippen molar-refractivity contribution in [3.8, 4) is 0 Å². The van der Waals surface area contributed by atoms with Crippen LogP contribution < -0.4 is 0 Å². The van der Waals surface area contributed by atoms with Crippen molar-refractivity contribution in [2.45, 2.75) is 45.1 Å². The summed E-state index contributed by atoms with van der Waals surface area (Å²) in [6, 6.07) is 0. The van der Waals surface area contributed by atoms with Crippen LogP contribution >= 0.6 is 0 Å². The number of hydrogen-bond acceptors (Lipinski definition) is 1. The molecule has 0 amide bonds. The Morgan fingerprint density at radius 3 is 2.83 bits per heavy atom. The first-order valence-electron chi connectivity index (χ1n) is 4.72. The van der Waals surface area contributed by atoms with Gasteiger partial charge in [0, 0.05) is 6.42 Å². The van der Waals surface area contributed by atoms with Crippen LogP contribution in [0.3, 0.4) is 0 Å². The zero-order valence-corrected chi connectivity index (χ0v) is 7.89. The molecule has 66 valence electrons. The van der Waals surface area contributed by atoms with Crippen molar-refractivity contribution in [2.75, 3.05) is 0 Å². The highest BCUT2D eigenvalue weighted by Gasteiger charge is 2.27. The molecular formula is C11H16O. The third-order valence-electron chi connectivity index (χ3n) is 2.66. The van der Waals surface area contributed by atoms with Crippen LogP contribution in [0, 0.1) is 0 Å². The second-order valence-corrected chi connectivity index (χ2v) is 4.27. The van der Waals surface area contributed by atoms with E-state index in [2.05, 4.69) is 26.0 Å². The number of allylic oxidation sites excluding steroid dienone is 3. The fraction of sp³-hybridized carbons (Fsp3) is 0.636. The van der Waals surface area contributed by atoms with E-state index in [1.54, 1.807) is 0 Å². The molecule has 0 saturated heterocycles. The molecule has 2 rings (SSSR count). The molecule has 0 fully saturated rings. The maximum atomic E-state index is 5.91. The van der Waals surface area contributed by atoms with Gasteiger partial charge in [-0.15, -0.1) is 0 Å². The van der Waals surface area contributed by atoms with Gasteiger partial charge in [-0.05, 0) is 38.7 Å². The molecular weight excluding hydrogens is 148 g/mol. The van der Waals surface area contributed by atoms with Crippen molar-refractivity contribution in [3.63, 3.8) is 0 Å². The average molecular weight is 164 g/mol. The van der Waals surface area contributed by atoms with E-state index < -0.39 is 0 Å². The Kier molecular flexibility index (Phi) is 1.75. The minimum Gasteiger partial charge on any atom is -0.492 e. The molecule has 0 aromatic carbocycles. The van der Waals surface area contributed by atoms with Crippen LogP contribution in [-0.4, -0.2) is 5.60 Å². The van der Waals surface area contributed by atoms with Gasteiger partial charge in [-0.25, -0.2) is 0 Å². The van der Waals surface area contributed by atoms with Gasteiger partial charge in [0.25, 0.3) is 0 Å². The van der Waals surface area contributed by atoms with Gasteiger partial charge in [0.1, 0.15) is 11.4 Å². The third-order valence-corrected chi connectivity index (χ3v) is 2.66. The SMILES string of the molecule is CC1(C)CCC2=C(CC=CC2)O1. The summed E-state index contributed by atoms with van der Waals surface area (Å²) in [4.78, 5) is 0. The Morgan fingerprint density at radius 2 is 2.00 bits per heavy atom. The van der Waals surface area contributed by atoms with E-state index in [9.17, 15) is 0 Å². The van der Waals surface area contributed by atoms with Gasteiger partial charge in [-0.1, -0.05) is 12.2 Å². The summed E-state index contributed by atoms with van der Waals surface area (Å²) >= 11 is 0. The summed E-state index contributed by atoms with van der Waals surface area (Å²) in [6.45, 7) is 4.35. The van der Waals surface area contributed by atoms with E-state index in [4.69, 9.17) is 4.74 Å². The number of hydrogen-bond donors (Lipinski definition) is 0. The molecule has 1 heterocycles. The fourth-order valence-electron chi connectivity index (χ4n) is 1.87. The molecule has 2 aliphatic rings. The first-order chi connectivity index (χ1) is 5.67. The van der Waals surface area contributed by atoms with Gasteiger partial charge in [-0.3, -0.25) is 0 Å². The van der Waals surface area contributed by atoms with E-state index in [1.807, 2.05) is 0 Å². The monoisotopic (exact) mass is 164 g/mol. The van der Waals surface area contributed by atoms with Crippen molar-refractivity contribution < 1.29 is 4.74 Å². The Bertz CT molecular complexity index is 246. The van der Waals surface area contributed by atoms with Crippen LogP contribution in [0.25, 0.3) is 0 Å². The smallest absolute Gasteiger partial charge is 0.103 e. The van der Waals surface area contributed by atoms with E-state index in [-0.39, 0.29) is 5.60 Å². The van der Waals surface area contributed by atoms with Crippen LogP contribution in [0.4, 0.5) is 0 Å². The lowest BCUT2D eigenvalue weighted by molar-refractivity contribution is 0.00903. The predicted octanol–water partition coefficient (Wildman–Crippen LogP) is 3.18. The Balaban J connectivity index is 2.17. The van der Waals surface area contributed by atoms with Crippen molar-refractivity contribution in [3.05, 3.63) is 23.5 Å². The predicted molar refractivity (Wildman–Crippen MR) is 49.8 cm³/mol. The minimum atomic E-state index is 0.0734. The number of ether oxygens (including phenoxy) is 1. The number of rotatable bonds is 0. The topological polar surface area (TPSA) is 9.23 Å². The quantitative estimate of drug-likeness (QED) is 0.500. The summed E-state index contributed by atoms with van der Waals surface area (Å²) in [5.41, 5.74) is 1.60. The van der Waals surface area contributed by atoms with Gasteiger partial charge in [0.05, 0.1) is 0 Å². The molecule has 1 heteroatoms. The molecule has 0 spiro atoms. The van der Waals surface area contributed by atoms with Gasteiger partial charge >= 0.3 is 0 Å². The molecule has 1 aliphatic heterocycles. The molecule has 0 radical (unpaired) electrons. The normalized spacial score (nSPS) is 26.5. The largest absolute Gasteiger partial charge is 0.492 e. The third kappa shape index (κ3) is 1.40. The van der Waals surface area contributed by atoms with Gasteiger partial charge in [0.15, 0.2) is 0 Å². The van der Waals surface area contributed by atoms with Crippen molar-refractivity contribution >= 4 is 0 Å². The Hall–Kier alpha value is -0.720. The maximum Gasteiger partial charge on any atom is 0.103 e. The lowest BCUT2D eigenvalue weighted by Gasteiger charge is -2.35. The molecule has 0 bridgehead atoms. The standard InChI is InChI=1S/C11H16O/c1-11(2)8-7-9-5-3-4-6-10(9)12-11/h3-4H,5-8H2,1-2H3. The second kappa shape index (κ2) is 2.65. The van der Waals surface area contributed by atoms with E-state index in [0.29, 0.717) is 0 Å². The van der Waals surface area contributed by atoms with E-state index >= 15 is 0 Å². The van der Waals surface area contributed by atoms with Crippen LogP contribution in [0.5, 0.6) is 0 Å².